The summed E-state index contributed by atoms with van der Waals surface area (Å²) < 4.78 is 0. The van der Waals surface area contributed by atoms with Crippen LogP contribution in [0.25, 0.3) is 11.4 Å². The first-order chi connectivity index (χ1) is 8.29. The van der Waals surface area contributed by atoms with E-state index in [1.807, 2.05) is 12.1 Å². The van der Waals surface area contributed by atoms with Gasteiger partial charge in [-0.05, 0) is 12.1 Å². The highest BCUT2D eigenvalue weighted by molar-refractivity contribution is 7.99. The Labute approximate surface area is 103 Å². The Morgan fingerprint density at radius 3 is 2.94 bits per heavy atom. The molecule has 0 radical (unpaired) electrons. The van der Waals surface area contributed by atoms with E-state index in [2.05, 4.69) is 20.3 Å². The van der Waals surface area contributed by atoms with Crippen molar-refractivity contribution in [2.75, 3.05) is 12.8 Å². The third-order valence-electron chi connectivity index (χ3n) is 2.14. The quantitative estimate of drug-likeness (QED) is 0.800. The fourth-order valence-corrected chi connectivity index (χ4v) is 1.98. The minimum atomic E-state index is -0.00457. The molecule has 0 aliphatic carbocycles. The largest absolute Gasteiger partial charge is 0.358 e. The number of aromatic nitrogens is 3. The third kappa shape index (κ3) is 3.07. The van der Waals surface area contributed by atoms with Crippen molar-refractivity contribution >= 4 is 17.7 Å². The number of nitrogens with one attached hydrogen (secondary N) is 2. The maximum atomic E-state index is 11.1. The molecule has 0 saturated heterocycles. The van der Waals surface area contributed by atoms with Crippen LogP contribution in [0.4, 0.5) is 0 Å². The summed E-state index contributed by atoms with van der Waals surface area (Å²) in [7, 11) is 1.62. The van der Waals surface area contributed by atoms with E-state index < -0.39 is 0 Å². The normalized spacial score (nSPS) is 10.2. The number of carbonyl (C=O) groups excluding carboxylic acids is 1. The minimum absolute atomic E-state index is 0.00457. The van der Waals surface area contributed by atoms with Crippen LogP contribution in [0.1, 0.15) is 0 Å². The van der Waals surface area contributed by atoms with E-state index >= 15 is 0 Å². The monoisotopic (exact) mass is 248 g/mol. The van der Waals surface area contributed by atoms with Crippen molar-refractivity contribution < 1.29 is 4.79 Å². The van der Waals surface area contributed by atoms with Gasteiger partial charge in [-0.2, -0.15) is 0 Å². The molecule has 17 heavy (non-hydrogen) atoms. The van der Waals surface area contributed by atoms with Crippen molar-refractivity contribution in [3.63, 3.8) is 0 Å². The first-order valence-electron chi connectivity index (χ1n) is 5.08. The molecule has 2 aromatic heterocycles. The van der Waals surface area contributed by atoms with Crippen molar-refractivity contribution in [3.8, 4) is 11.4 Å². The van der Waals surface area contributed by atoms with Crippen LogP contribution in [0.3, 0.4) is 0 Å². The van der Waals surface area contributed by atoms with Gasteiger partial charge < -0.3 is 10.3 Å². The number of nitrogens with zero attached hydrogens (tertiary/aromatic N) is 2. The number of H-pyrrole nitrogens is 1. The second-order valence-electron chi connectivity index (χ2n) is 3.29. The zero-order valence-electron chi connectivity index (χ0n) is 9.30. The van der Waals surface area contributed by atoms with E-state index in [-0.39, 0.29) is 5.91 Å². The first-order valence-corrected chi connectivity index (χ1v) is 6.07. The predicted molar refractivity (Wildman–Crippen MR) is 66.6 cm³/mol. The van der Waals surface area contributed by atoms with E-state index in [1.165, 1.54) is 11.8 Å². The molecule has 0 aliphatic heterocycles. The van der Waals surface area contributed by atoms with Gasteiger partial charge in [0.05, 0.1) is 17.0 Å². The zero-order chi connectivity index (χ0) is 12.1. The van der Waals surface area contributed by atoms with E-state index in [0.29, 0.717) is 5.75 Å². The molecule has 0 aromatic carbocycles. The molecule has 6 heteroatoms. The Kier molecular flexibility index (Phi) is 3.77. The lowest BCUT2D eigenvalue weighted by atomic mass is 10.3. The lowest BCUT2D eigenvalue weighted by Gasteiger charge is -1.97. The van der Waals surface area contributed by atoms with E-state index in [0.717, 1.165) is 16.4 Å². The molecule has 0 fully saturated rings. The summed E-state index contributed by atoms with van der Waals surface area (Å²) in [5, 5.41) is 3.45. The lowest BCUT2D eigenvalue weighted by molar-refractivity contribution is -0.118. The molecular formula is C11H12N4OS. The summed E-state index contributed by atoms with van der Waals surface area (Å²) in [6.07, 6.45) is 5.16. The van der Waals surface area contributed by atoms with Gasteiger partial charge in [-0.3, -0.25) is 9.78 Å². The standard InChI is InChI=1S/C11H12N4OS/c1-12-9(16)7-17-10-6-14-11(15-10)8-2-4-13-5-3-8/h2-6H,7H2,1H3,(H,12,16)(H,14,15). The molecule has 0 aliphatic rings. The van der Waals surface area contributed by atoms with Crippen LogP contribution in [0, 0.1) is 0 Å². The van der Waals surface area contributed by atoms with Crippen molar-refractivity contribution in [1.29, 1.82) is 0 Å². The molecule has 0 atom stereocenters. The second-order valence-corrected chi connectivity index (χ2v) is 4.31. The molecule has 0 saturated carbocycles. The average molecular weight is 248 g/mol. The van der Waals surface area contributed by atoms with E-state index in [4.69, 9.17) is 0 Å². The van der Waals surface area contributed by atoms with Gasteiger partial charge in [0.2, 0.25) is 5.91 Å². The summed E-state index contributed by atoms with van der Waals surface area (Å²) >= 11 is 1.42. The molecule has 1 amide bonds. The minimum Gasteiger partial charge on any atom is -0.358 e. The summed E-state index contributed by atoms with van der Waals surface area (Å²) in [6.45, 7) is 0. The third-order valence-corrected chi connectivity index (χ3v) is 3.07. The number of carbonyl (C=O) groups is 1. The first kappa shape index (κ1) is 11.7. The molecule has 88 valence electrons. The highest BCUT2D eigenvalue weighted by Gasteiger charge is 2.05. The Bertz CT molecular complexity index is 497. The second kappa shape index (κ2) is 5.49. The number of imidazole rings is 1. The fourth-order valence-electron chi connectivity index (χ4n) is 1.25. The van der Waals surface area contributed by atoms with Crippen molar-refractivity contribution in [3.05, 3.63) is 30.7 Å². The van der Waals surface area contributed by atoms with Gasteiger partial charge in [0.25, 0.3) is 0 Å². The van der Waals surface area contributed by atoms with Crippen molar-refractivity contribution in [2.45, 2.75) is 5.03 Å². The summed E-state index contributed by atoms with van der Waals surface area (Å²) in [5.41, 5.74) is 0.979. The van der Waals surface area contributed by atoms with Crippen molar-refractivity contribution in [1.82, 2.24) is 20.3 Å². The Morgan fingerprint density at radius 1 is 1.47 bits per heavy atom. The summed E-state index contributed by atoms with van der Waals surface area (Å²) in [6, 6.07) is 3.76. The zero-order valence-corrected chi connectivity index (χ0v) is 10.1. The molecule has 5 nitrogen and oxygen atoms in total. The summed E-state index contributed by atoms with van der Waals surface area (Å²) in [5.74, 6) is 1.16. The number of aromatic amines is 1. The predicted octanol–water partition coefficient (Wildman–Crippen LogP) is 1.31. The Morgan fingerprint density at radius 2 is 2.24 bits per heavy atom. The van der Waals surface area contributed by atoms with Gasteiger partial charge in [-0.15, -0.1) is 0 Å². The maximum absolute atomic E-state index is 11.1. The number of thioether (sulfide) groups is 1. The Balaban J connectivity index is 2.04. The van der Waals surface area contributed by atoms with Gasteiger partial charge in [0.1, 0.15) is 5.82 Å². The molecule has 2 N–H and O–H groups in total. The van der Waals surface area contributed by atoms with Crippen LogP contribution in [0.5, 0.6) is 0 Å². The van der Waals surface area contributed by atoms with Gasteiger partial charge in [-0.1, -0.05) is 11.8 Å². The SMILES string of the molecule is CNC(=O)CSc1cnc(-c2ccncc2)[nH]1. The molecule has 0 spiro atoms. The average Bonchev–Trinajstić information content (AvgIpc) is 2.86. The molecule has 0 unspecified atom stereocenters. The van der Waals surface area contributed by atoms with Crippen LogP contribution in [0.2, 0.25) is 0 Å². The number of hydrogen-bond acceptors (Lipinski definition) is 4. The van der Waals surface area contributed by atoms with E-state index in [9.17, 15) is 4.79 Å². The van der Waals surface area contributed by atoms with Crippen LogP contribution >= 0.6 is 11.8 Å². The molecule has 0 bridgehead atoms. The topological polar surface area (TPSA) is 70.7 Å². The molecular weight excluding hydrogens is 236 g/mol. The number of rotatable bonds is 4. The molecule has 2 heterocycles. The van der Waals surface area contributed by atoms with Gasteiger partial charge >= 0.3 is 0 Å². The van der Waals surface area contributed by atoms with Crippen LogP contribution in [-0.2, 0) is 4.79 Å². The number of hydrogen-bond donors (Lipinski definition) is 2. The number of pyridine rings is 1. The fraction of sp³-hybridized carbons (Fsp3) is 0.182. The smallest absolute Gasteiger partial charge is 0.230 e. The lowest BCUT2D eigenvalue weighted by Crippen LogP contribution is -2.19. The maximum Gasteiger partial charge on any atom is 0.230 e. The van der Waals surface area contributed by atoms with Crippen LogP contribution in [0.15, 0.2) is 35.7 Å². The number of amides is 1. The molecule has 2 rings (SSSR count). The van der Waals surface area contributed by atoms with Gasteiger partial charge in [0.15, 0.2) is 0 Å². The van der Waals surface area contributed by atoms with Crippen LogP contribution in [-0.4, -0.2) is 33.7 Å². The summed E-state index contributed by atoms with van der Waals surface area (Å²) in [4.78, 5) is 22.4. The highest BCUT2D eigenvalue weighted by atomic mass is 32.2. The van der Waals surface area contributed by atoms with Gasteiger partial charge in [-0.25, -0.2) is 4.98 Å². The molecule has 2 aromatic rings. The van der Waals surface area contributed by atoms with E-state index in [1.54, 1.807) is 25.6 Å². The van der Waals surface area contributed by atoms with Crippen LogP contribution < -0.4 is 5.32 Å². The van der Waals surface area contributed by atoms with Crippen molar-refractivity contribution in [2.24, 2.45) is 0 Å². The Hall–Kier alpha value is -1.82. The highest BCUT2D eigenvalue weighted by Crippen LogP contribution is 2.20. The van der Waals surface area contributed by atoms with Gasteiger partial charge in [0, 0.05) is 25.0 Å².